The van der Waals surface area contributed by atoms with Crippen molar-refractivity contribution in [3.63, 3.8) is 0 Å². The number of nitrogens with one attached hydrogen (secondary N) is 1. The molecule has 2 rings (SSSR count). The molecule has 1 aromatic carbocycles. The molecule has 0 spiro atoms. The van der Waals surface area contributed by atoms with Crippen molar-refractivity contribution in [1.29, 1.82) is 0 Å². The van der Waals surface area contributed by atoms with Crippen molar-refractivity contribution in [2.45, 2.75) is 38.2 Å². The summed E-state index contributed by atoms with van der Waals surface area (Å²) in [6, 6.07) is 4.84. The van der Waals surface area contributed by atoms with E-state index >= 15 is 0 Å². The molecule has 1 aromatic rings. The molecular weight excluding hydrogens is 297 g/mol. The van der Waals surface area contributed by atoms with Crippen LogP contribution in [-0.4, -0.2) is 18.7 Å². The van der Waals surface area contributed by atoms with Crippen LogP contribution in [0, 0.1) is 5.82 Å². The number of hydrogen-bond acceptors (Lipinski definition) is 2. The molecule has 18 heavy (non-hydrogen) atoms. The van der Waals surface area contributed by atoms with E-state index in [0.29, 0.717) is 5.75 Å². The molecule has 1 saturated carbocycles. The first-order valence-electron chi connectivity index (χ1n) is 6.50. The summed E-state index contributed by atoms with van der Waals surface area (Å²) >= 11 is 3.35. The molecule has 0 bridgehead atoms. The van der Waals surface area contributed by atoms with Gasteiger partial charge in [0.25, 0.3) is 0 Å². The predicted molar refractivity (Wildman–Crippen MR) is 74.5 cm³/mol. The number of rotatable bonds is 6. The lowest BCUT2D eigenvalue weighted by Gasteiger charge is -2.42. The summed E-state index contributed by atoms with van der Waals surface area (Å²) in [6.45, 7) is 3.97. The van der Waals surface area contributed by atoms with Crippen LogP contribution in [0.1, 0.15) is 32.6 Å². The van der Waals surface area contributed by atoms with Crippen LogP contribution in [-0.2, 0) is 0 Å². The zero-order chi connectivity index (χ0) is 13.0. The van der Waals surface area contributed by atoms with E-state index in [9.17, 15) is 4.39 Å². The van der Waals surface area contributed by atoms with Gasteiger partial charge in [-0.3, -0.25) is 0 Å². The average Bonchev–Trinajstić information content (AvgIpc) is 2.30. The van der Waals surface area contributed by atoms with Gasteiger partial charge in [0.05, 0.1) is 0 Å². The lowest BCUT2D eigenvalue weighted by Crippen LogP contribution is -2.45. The largest absolute Gasteiger partial charge is 0.484 e. The molecule has 1 aliphatic carbocycles. The highest BCUT2D eigenvalue weighted by molar-refractivity contribution is 9.10. The van der Waals surface area contributed by atoms with Crippen LogP contribution in [0.2, 0.25) is 0 Å². The smallest absolute Gasteiger partial charge is 0.165 e. The monoisotopic (exact) mass is 315 g/mol. The van der Waals surface area contributed by atoms with Crippen molar-refractivity contribution in [1.82, 2.24) is 5.32 Å². The summed E-state index contributed by atoms with van der Waals surface area (Å²) in [5, 5.41) is 3.30. The van der Waals surface area contributed by atoms with Crippen molar-refractivity contribution in [2.24, 2.45) is 0 Å². The van der Waals surface area contributed by atoms with E-state index in [4.69, 9.17) is 4.74 Å². The van der Waals surface area contributed by atoms with Gasteiger partial charge in [-0.2, -0.15) is 0 Å². The summed E-state index contributed by atoms with van der Waals surface area (Å²) in [5.41, 5.74) is -0.163. The zero-order valence-corrected chi connectivity index (χ0v) is 12.2. The fourth-order valence-electron chi connectivity index (χ4n) is 2.26. The summed E-state index contributed by atoms with van der Waals surface area (Å²) in [6.07, 6.45) is 4.14. The minimum atomic E-state index is -0.284. The molecule has 0 unspecified atom stereocenters. The van der Waals surface area contributed by atoms with Crippen molar-refractivity contribution < 1.29 is 9.13 Å². The fraction of sp³-hybridized carbons (Fsp3) is 0.571. The van der Waals surface area contributed by atoms with Gasteiger partial charge in [0.15, 0.2) is 11.6 Å². The molecule has 4 heteroatoms. The van der Waals surface area contributed by atoms with Crippen molar-refractivity contribution in [3.8, 4) is 5.75 Å². The van der Waals surface area contributed by atoms with Gasteiger partial charge in [0, 0.05) is 4.47 Å². The molecule has 0 heterocycles. The number of benzene rings is 1. The molecular formula is C14H19BrFNO. The quantitative estimate of drug-likeness (QED) is 0.804. The topological polar surface area (TPSA) is 21.3 Å². The maximum absolute atomic E-state index is 13.7. The van der Waals surface area contributed by atoms with Gasteiger partial charge < -0.3 is 10.1 Å². The molecule has 0 amide bonds. The summed E-state index contributed by atoms with van der Waals surface area (Å²) in [4.78, 5) is 0. The molecule has 0 atom stereocenters. The molecule has 1 N–H and O–H groups in total. The first-order valence-corrected chi connectivity index (χ1v) is 7.29. The molecule has 0 saturated heterocycles. The van der Waals surface area contributed by atoms with Gasteiger partial charge >= 0.3 is 0 Å². The second-order valence-corrected chi connectivity index (χ2v) is 5.73. The van der Waals surface area contributed by atoms with Crippen molar-refractivity contribution in [2.75, 3.05) is 13.1 Å². The highest BCUT2D eigenvalue weighted by Gasteiger charge is 2.39. The van der Waals surface area contributed by atoms with Crippen LogP contribution >= 0.6 is 15.9 Å². The fourth-order valence-corrected chi connectivity index (χ4v) is 2.60. The van der Waals surface area contributed by atoms with E-state index in [1.54, 1.807) is 12.1 Å². The molecule has 0 aromatic heterocycles. The van der Waals surface area contributed by atoms with Crippen molar-refractivity contribution in [3.05, 3.63) is 28.5 Å². The maximum atomic E-state index is 13.7. The lowest BCUT2D eigenvalue weighted by atomic mass is 9.77. The number of hydrogen-bond donors (Lipinski definition) is 1. The Morgan fingerprint density at radius 1 is 1.44 bits per heavy atom. The van der Waals surface area contributed by atoms with Gasteiger partial charge in [-0.25, -0.2) is 4.39 Å². The highest BCUT2D eigenvalue weighted by atomic mass is 79.9. The predicted octanol–water partition coefficient (Wildman–Crippen LogP) is 3.89. The van der Waals surface area contributed by atoms with Gasteiger partial charge in [-0.1, -0.05) is 22.9 Å². The molecule has 0 radical (unpaired) electrons. The Bertz CT molecular complexity index is 407. The number of ether oxygens (including phenoxy) is 1. The SMILES string of the molecule is CCNCCC1(Oc2cc(Br)ccc2F)CCC1. The summed E-state index contributed by atoms with van der Waals surface area (Å²) < 4.78 is 20.5. The Morgan fingerprint density at radius 3 is 2.83 bits per heavy atom. The minimum Gasteiger partial charge on any atom is -0.484 e. The second kappa shape index (κ2) is 6.02. The Hall–Kier alpha value is -0.610. The van der Waals surface area contributed by atoms with Crippen LogP contribution in [0.25, 0.3) is 0 Å². The minimum absolute atomic E-state index is 0.163. The third kappa shape index (κ3) is 3.23. The Labute approximate surface area is 116 Å². The highest BCUT2D eigenvalue weighted by Crippen LogP contribution is 2.40. The van der Waals surface area contributed by atoms with Crippen molar-refractivity contribution >= 4 is 15.9 Å². The van der Waals surface area contributed by atoms with E-state index in [0.717, 1.165) is 36.8 Å². The van der Waals surface area contributed by atoms with E-state index in [2.05, 4.69) is 28.2 Å². The summed E-state index contributed by atoms with van der Waals surface area (Å²) in [5.74, 6) is 0.0773. The van der Waals surface area contributed by atoms with E-state index in [1.807, 2.05) is 0 Å². The van der Waals surface area contributed by atoms with Crippen LogP contribution in [0.4, 0.5) is 4.39 Å². The molecule has 100 valence electrons. The van der Waals surface area contributed by atoms with E-state index in [-0.39, 0.29) is 11.4 Å². The van der Waals surface area contributed by atoms with Gasteiger partial charge in [0.1, 0.15) is 5.60 Å². The van der Waals surface area contributed by atoms with Crippen LogP contribution in [0.3, 0.4) is 0 Å². The first-order chi connectivity index (χ1) is 8.65. The Kier molecular flexibility index (Phi) is 4.62. The lowest BCUT2D eigenvalue weighted by molar-refractivity contribution is -0.0171. The summed E-state index contributed by atoms with van der Waals surface area (Å²) in [7, 11) is 0. The van der Waals surface area contributed by atoms with Crippen LogP contribution in [0.15, 0.2) is 22.7 Å². The van der Waals surface area contributed by atoms with Gasteiger partial charge in [-0.05, 0) is 57.0 Å². The zero-order valence-electron chi connectivity index (χ0n) is 10.6. The maximum Gasteiger partial charge on any atom is 0.165 e. The standard InChI is InChI=1S/C14H19BrFNO/c1-2-17-9-8-14(6-3-7-14)18-13-10-11(15)4-5-12(13)16/h4-5,10,17H,2-3,6-9H2,1H3. The van der Waals surface area contributed by atoms with Gasteiger partial charge in [0.2, 0.25) is 0 Å². The second-order valence-electron chi connectivity index (χ2n) is 4.82. The number of halogens is 2. The molecule has 1 fully saturated rings. The average molecular weight is 316 g/mol. The Balaban J connectivity index is 2.03. The first kappa shape index (κ1) is 13.8. The third-order valence-electron chi connectivity index (χ3n) is 3.49. The van der Waals surface area contributed by atoms with E-state index < -0.39 is 0 Å². The van der Waals surface area contributed by atoms with Gasteiger partial charge in [-0.15, -0.1) is 0 Å². The third-order valence-corrected chi connectivity index (χ3v) is 3.99. The van der Waals surface area contributed by atoms with Crippen LogP contribution in [0.5, 0.6) is 5.75 Å². The Morgan fingerprint density at radius 2 is 2.22 bits per heavy atom. The molecule has 2 nitrogen and oxygen atoms in total. The molecule has 0 aliphatic heterocycles. The van der Waals surface area contributed by atoms with E-state index in [1.165, 1.54) is 12.5 Å². The van der Waals surface area contributed by atoms with Crippen LogP contribution < -0.4 is 10.1 Å². The molecule has 1 aliphatic rings. The normalized spacial score (nSPS) is 17.3.